The predicted octanol–water partition coefficient (Wildman–Crippen LogP) is 8.74. The lowest BCUT2D eigenvalue weighted by molar-refractivity contribution is 0.0912. The number of rotatable bonds is 15. The number of nitrogens with two attached hydrogens (primary N) is 1. The van der Waals surface area contributed by atoms with E-state index in [1.807, 2.05) is 25.1 Å². The van der Waals surface area contributed by atoms with Crippen molar-refractivity contribution < 1.29 is 14.1 Å². The van der Waals surface area contributed by atoms with E-state index >= 15 is 0 Å². The highest BCUT2D eigenvalue weighted by Crippen LogP contribution is 2.48. The average Bonchev–Trinajstić information content (AvgIpc) is 3.87. The molecule has 2 aromatic rings. The molecule has 0 aliphatic heterocycles. The molecular formula is C33H43Cl2N3O3. The van der Waals surface area contributed by atoms with Crippen LogP contribution in [0.4, 0.5) is 5.69 Å². The third-order valence-corrected chi connectivity index (χ3v) is 9.51. The highest BCUT2D eigenvalue weighted by Gasteiger charge is 2.45. The van der Waals surface area contributed by atoms with E-state index in [1.54, 1.807) is 6.07 Å². The molecule has 6 nitrogen and oxygen atoms in total. The zero-order chi connectivity index (χ0) is 29.1. The molecule has 3 N–H and O–H groups in total. The fraction of sp³-hybridized carbons (Fsp3) is 0.576. The number of benzene rings is 1. The second-order valence-corrected chi connectivity index (χ2v) is 13.4. The van der Waals surface area contributed by atoms with Gasteiger partial charge in [-0.2, -0.15) is 0 Å². The zero-order valence-corrected chi connectivity index (χ0v) is 26.0. The number of nitrogens with zero attached hydrogens (tertiary/aromatic N) is 1. The lowest BCUT2D eigenvalue weighted by Crippen LogP contribution is -2.32. The van der Waals surface area contributed by atoms with Crippen LogP contribution in [0.1, 0.15) is 118 Å². The molecule has 2 fully saturated rings. The number of ketones is 1. The lowest BCUT2D eigenvalue weighted by atomic mass is 9.94. The number of halogens is 2. The van der Waals surface area contributed by atoms with Gasteiger partial charge in [-0.15, -0.1) is 0 Å². The Hall–Kier alpha value is -2.28. The minimum Gasteiger partial charge on any atom is -0.491 e. The van der Waals surface area contributed by atoms with Gasteiger partial charge in [0.2, 0.25) is 0 Å². The van der Waals surface area contributed by atoms with Crippen LogP contribution in [0.2, 0.25) is 0 Å². The van der Waals surface area contributed by atoms with Crippen LogP contribution < -0.4 is 15.8 Å². The first-order valence-electron chi connectivity index (χ1n) is 15.2. The summed E-state index contributed by atoms with van der Waals surface area (Å²) in [6, 6.07) is 5.62. The Kier molecular flexibility index (Phi) is 9.52. The van der Waals surface area contributed by atoms with Gasteiger partial charge < -0.3 is 20.3 Å². The van der Waals surface area contributed by atoms with Crippen LogP contribution in [0, 0.1) is 11.3 Å². The molecule has 0 bridgehead atoms. The molecule has 0 spiro atoms. The van der Waals surface area contributed by atoms with Crippen molar-refractivity contribution in [3.05, 3.63) is 56.9 Å². The highest BCUT2D eigenvalue weighted by molar-refractivity contribution is 6.42. The number of carbonyl (C=O) groups excluding carboxylic acids is 1. The van der Waals surface area contributed by atoms with Gasteiger partial charge in [0.15, 0.2) is 5.78 Å². The van der Waals surface area contributed by atoms with E-state index in [-0.39, 0.29) is 17.2 Å². The lowest BCUT2D eigenvalue weighted by Gasteiger charge is -2.23. The molecule has 3 aliphatic rings. The maximum absolute atomic E-state index is 12.9. The summed E-state index contributed by atoms with van der Waals surface area (Å²) in [4.78, 5) is 12.9. The van der Waals surface area contributed by atoms with Crippen LogP contribution >= 0.6 is 23.2 Å². The van der Waals surface area contributed by atoms with Gasteiger partial charge in [0.25, 0.3) is 0 Å². The number of ether oxygens (including phenoxy) is 1. The Morgan fingerprint density at radius 2 is 2.05 bits per heavy atom. The predicted molar refractivity (Wildman–Crippen MR) is 166 cm³/mol. The number of hydrogen-bond acceptors (Lipinski definition) is 6. The summed E-state index contributed by atoms with van der Waals surface area (Å²) in [6.45, 7) is 7.68. The Balaban J connectivity index is 1.29. The van der Waals surface area contributed by atoms with Gasteiger partial charge in [-0.1, -0.05) is 68.0 Å². The van der Waals surface area contributed by atoms with Gasteiger partial charge >= 0.3 is 0 Å². The van der Waals surface area contributed by atoms with Gasteiger partial charge in [0.05, 0.1) is 12.3 Å². The summed E-state index contributed by atoms with van der Waals surface area (Å²) in [5.41, 5.74) is 9.87. The molecule has 41 heavy (non-hydrogen) atoms. The van der Waals surface area contributed by atoms with E-state index < -0.39 is 0 Å². The molecule has 5 rings (SSSR count). The molecule has 0 radical (unpaired) electrons. The van der Waals surface area contributed by atoms with Crippen LogP contribution in [0.5, 0.6) is 5.75 Å². The van der Waals surface area contributed by atoms with Crippen LogP contribution in [-0.2, 0) is 6.54 Å². The van der Waals surface area contributed by atoms with Crippen molar-refractivity contribution in [3.63, 3.8) is 0 Å². The van der Waals surface area contributed by atoms with E-state index in [0.29, 0.717) is 47.0 Å². The minimum absolute atomic E-state index is 0.175. The summed E-state index contributed by atoms with van der Waals surface area (Å²) in [5.74, 6) is 2.69. The fourth-order valence-corrected chi connectivity index (χ4v) is 6.46. The molecule has 8 heteroatoms. The summed E-state index contributed by atoms with van der Waals surface area (Å²) >= 11 is 13.3. The summed E-state index contributed by atoms with van der Waals surface area (Å²) in [6.07, 6.45) is 11.9. The average molecular weight is 601 g/mol. The van der Waals surface area contributed by atoms with Crippen molar-refractivity contribution in [3.8, 4) is 5.75 Å². The maximum atomic E-state index is 12.9. The van der Waals surface area contributed by atoms with E-state index in [2.05, 4.69) is 24.3 Å². The Morgan fingerprint density at radius 3 is 2.73 bits per heavy atom. The van der Waals surface area contributed by atoms with Crippen molar-refractivity contribution in [2.24, 2.45) is 11.3 Å². The van der Waals surface area contributed by atoms with Crippen molar-refractivity contribution in [1.82, 2.24) is 10.5 Å². The molecule has 1 aromatic heterocycles. The molecule has 2 saturated carbocycles. The normalized spacial score (nSPS) is 19.6. The first-order valence-corrected chi connectivity index (χ1v) is 16.0. The standard InChI is InChI=1S/C33H43Cl2N3O3/c1-4-6-20(2)17-23(13-16-40-28-18-22(11-12-27(28)36)32(39)33(3)14-15-33)37-19-24-30(38-41-31(24)21-9-10-21)29-25(34)7-5-8-26(29)35/h7,11-12,18,20-21,23,37H,4-6,8-10,13-17,19,36H2,1-3H3. The maximum Gasteiger partial charge on any atom is 0.168 e. The van der Waals surface area contributed by atoms with Crippen molar-refractivity contribution in [2.45, 2.75) is 103 Å². The number of aromatic nitrogens is 1. The molecule has 222 valence electrons. The van der Waals surface area contributed by atoms with Crippen LogP contribution in [0.25, 0.3) is 5.57 Å². The third-order valence-electron chi connectivity index (χ3n) is 8.78. The smallest absolute Gasteiger partial charge is 0.168 e. The van der Waals surface area contributed by atoms with Crippen LogP contribution in [-0.4, -0.2) is 23.6 Å². The van der Waals surface area contributed by atoms with Crippen LogP contribution in [0.15, 0.2) is 38.9 Å². The van der Waals surface area contributed by atoms with Gasteiger partial charge in [-0.3, -0.25) is 4.79 Å². The fourth-order valence-electron chi connectivity index (χ4n) is 5.80. The van der Waals surface area contributed by atoms with E-state index in [9.17, 15) is 4.79 Å². The first-order chi connectivity index (χ1) is 19.7. The largest absolute Gasteiger partial charge is 0.491 e. The highest BCUT2D eigenvalue weighted by atomic mass is 35.5. The molecule has 2 atom stereocenters. The molecule has 1 aromatic carbocycles. The number of hydrogen-bond donors (Lipinski definition) is 2. The molecule has 2 unspecified atom stereocenters. The van der Waals surface area contributed by atoms with Crippen molar-refractivity contribution in [1.29, 1.82) is 0 Å². The second-order valence-electron chi connectivity index (χ2n) is 12.5. The SMILES string of the molecule is CCCC(C)CC(CCOc1cc(C(=O)C2(C)CC2)ccc1N)NCc1c(C2=C(Cl)CCC=C2Cl)noc1C1CC1. The molecular weight excluding hydrogens is 557 g/mol. The number of nitrogen functional groups attached to an aromatic ring is 1. The van der Waals surface area contributed by atoms with E-state index in [4.69, 9.17) is 38.2 Å². The number of allylic oxidation sites excluding steroid dienone is 4. The van der Waals surface area contributed by atoms with Crippen molar-refractivity contribution in [2.75, 3.05) is 12.3 Å². The Bertz CT molecular complexity index is 1320. The number of anilines is 1. The third kappa shape index (κ3) is 7.21. The number of Topliss-reactive ketones (excluding diaryl/α,β-unsaturated/α-hetero) is 1. The van der Waals surface area contributed by atoms with Crippen molar-refractivity contribution >= 4 is 40.2 Å². The second kappa shape index (κ2) is 12.9. The molecule has 0 amide bonds. The Morgan fingerprint density at radius 1 is 1.27 bits per heavy atom. The molecule has 1 heterocycles. The first kappa shape index (κ1) is 30.2. The van der Waals surface area contributed by atoms with Gasteiger partial charge in [-0.25, -0.2) is 0 Å². The summed E-state index contributed by atoms with van der Waals surface area (Å²) in [5, 5.41) is 9.67. The molecule has 0 saturated heterocycles. The van der Waals surface area contributed by atoms with E-state index in [0.717, 1.165) is 85.4 Å². The topological polar surface area (TPSA) is 90.4 Å². The molecule has 3 aliphatic carbocycles. The van der Waals surface area contributed by atoms with Gasteiger partial charge in [0, 0.05) is 50.7 Å². The minimum atomic E-state index is -0.226. The quantitative estimate of drug-likeness (QED) is 0.157. The van der Waals surface area contributed by atoms with Crippen LogP contribution in [0.3, 0.4) is 0 Å². The zero-order valence-electron chi connectivity index (χ0n) is 24.5. The number of nitrogens with one attached hydrogen (secondary N) is 1. The summed E-state index contributed by atoms with van der Waals surface area (Å²) in [7, 11) is 0. The summed E-state index contributed by atoms with van der Waals surface area (Å²) < 4.78 is 12.1. The monoisotopic (exact) mass is 599 g/mol. The van der Waals surface area contributed by atoms with Gasteiger partial charge in [0.1, 0.15) is 17.2 Å². The number of carbonyl (C=O) groups is 1. The Labute approximate surface area is 254 Å². The van der Waals surface area contributed by atoms with Gasteiger partial charge in [-0.05, 0) is 75.5 Å². The van der Waals surface area contributed by atoms with E-state index in [1.165, 1.54) is 6.42 Å².